The second kappa shape index (κ2) is 6.21. The van der Waals surface area contributed by atoms with Crippen LogP contribution in [0.5, 0.6) is 0 Å². The number of nitrogen functional groups attached to an aromatic ring is 1. The molecule has 2 atom stereocenters. The number of hydrogen-bond donors (Lipinski definition) is 3. The Morgan fingerprint density at radius 1 is 1.48 bits per heavy atom. The van der Waals surface area contributed by atoms with Crippen molar-refractivity contribution in [2.45, 2.75) is 19.6 Å². The zero-order chi connectivity index (χ0) is 14.8. The fraction of sp³-hybridized carbons (Fsp3) is 0.571. The highest BCUT2D eigenvalue weighted by atomic mass is 32.2. The quantitative estimate of drug-likeness (QED) is 0.766. The molecule has 6 nitrogen and oxygen atoms in total. The number of H-pyrrole nitrogens is 1. The van der Waals surface area contributed by atoms with Crippen LogP contribution >= 0.6 is 11.8 Å². The highest BCUT2D eigenvalue weighted by Crippen LogP contribution is 2.25. The van der Waals surface area contributed by atoms with Gasteiger partial charge in [-0.05, 0) is 11.5 Å². The summed E-state index contributed by atoms with van der Waals surface area (Å²) in [6.45, 7) is 4.59. The number of aliphatic hydroxyl groups excluding tert-OH is 1. The van der Waals surface area contributed by atoms with E-state index in [2.05, 4.69) is 26.8 Å². The van der Waals surface area contributed by atoms with E-state index < -0.39 is 0 Å². The van der Waals surface area contributed by atoms with E-state index in [1.165, 1.54) is 6.33 Å². The molecule has 3 rings (SSSR count). The number of rotatable bonds is 5. The van der Waals surface area contributed by atoms with Crippen LogP contribution in [-0.4, -0.2) is 55.7 Å². The second-order valence-corrected chi connectivity index (χ2v) is 6.80. The summed E-state index contributed by atoms with van der Waals surface area (Å²) in [6.07, 6.45) is 3.21. The number of β-amino-alcohol motifs (C(OH)–C–C–N with tert-alkyl or cyclic N) is 1. The molecule has 3 heterocycles. The van der Waals surface area contributed by atoms with E-state index in [4.69, 9.17) is 5.73 Å². The average molecular weight is 307 g/mol. The first-order chi connectivity index (χ1) is 10.2. The number of aromatic nitrogens is 3. The summed E-state index contributed by atoms with van der Waals surface area (Å²) in [5.74, 6) is 2.96. The van der Waals surface area contributed by atoms with Gasteiger partial charge in [0.2, 0.25) is 0 Å². The summed E-state index contributed by atoms with van der Waals surface area (Å²) < 4.78 is 0. The lowest BCUT2D eigenvalue weighted by atomic mass is 10.1. The Morgan fingerprint density at radius 3 is 3.14 bits per heavy atom. The van der Waals surface area contributed by atoms with Crippen molar-refractivity contribution < 1.29 is 5.11 Å². The average Bonchev–Trinajstić information content (AvgIpc) is 3.02. The van der Waals surface area contributed by atoms with Gasteiger partial charge in [0.1, 0.15) is 11.8 Å². The monoisotopic (exact) mass is 307 g/mol. The van der Waals surface area contributed by atoms with Crippen LogP contribution in [0.3, 0.4) is 0 Å². The lowest BCUT2D eigenvalue weighted by Gasteiger charge is -2.14. The number of fused-ring (bicyclic) bond motifs is 1. The van der Waals surface area contributed by atoms with E-state index in [1.807, 2.05) is 18.0 Å². The molecule has 7 heteroatoms. The maximum Gasteiger partial charge on any atom is 0.151 e. The van der Waals surface area contributed by atoms with Gasteiger partial charge in [-0.25, -0.2) is 9.97 Å². The summed E-state index contributed by atoms with van der Waals surface area (Å²) in [5, 5.41) is 10.2. The van der Waals surface area contributed by atoms with Gasteiger partial charge < -0.3 is 15.8 Å². The van der Waals surface area contributed by atoms with Gasteiger partial charge in [-0.3, -0.25) is 4.90 Å². The number of aliphatic hydroxyl groups is 1. The van der Waals surface area contributed by atoms with Crippen LogP contribution in [0.15, 0.2) is 12.5 Å². The van der Waals surface area contributed by atoms with Gasteiger partial charge in [0.25, 0.3) is 0 Å². The van der Waals surface area contributed by atoms with Crippen molar-refractivity contribution in [3.8, 4) is 0 Å². The van der Waals surface area contributed by atoms with E-state index in [0.29, 0.717) is 11.7 Å². The Labute approximate surface area is 128 Å². The maximum absolute atomic E-state index is 10.2. The number of thioether (sulfide) groups is 1. The molecule has 0 saturated carbocycles. The number of likely N-dealkylation sites (tertiary alicyclic amines) is 1. The molecule has 1 fully saturated rings. The second-order valence-electron chi connectivity index (χ2n) is 5.48. The van der Waals surface area contributed by atoms with Crippen molar-refractivity contribution >= 4 is 28.6 Å². The molecule has 0 amide bonds. The fourth-order valence-corrected chi connectivity index (χ4v) is 3.74. The van der Waals surface area contributed by atoms with Gasteiger partial charge in [-0.2, -0.15) is 11.8 Å². The summed E-state index contributed by atoms with van der Waals surface area (Å²) in [6, 6.07) is 0. The first kappa shape index (κ1) is 14.6. The molecule has 0 spiro atoms. The molecule has 1 aliphatic rings. The van der Waals surface area contributed by atoms with E-state index in [9.17, 15) is 5.11 Å². The van der Waals surface area contributed by atoms with Crippen LogP contribution in [0.1, 0.15) is 12.5 Å². The van der Waals surface area contributed by atoms with Crippen molar-refractivity contribution in [2.24, 2.45) is 5.92 Å². The minimum Gasteiger partial charge on any atom is -0.391 e. The van der Waals surface area contributed by atoms with E-state index >= 15 is 0 Å². The SMILES string of the molecule is CCSC[C@@H]1CN(Cc2c[nH]c3c(N)ncnc23)C[C@@H]1O. The standard InChI is InChI=1S/C14H21N5OS/c1-2-21-7-10-5-19(6-11(10)20)4-9-3-16-13-12(9)17-8-18-14(13)15/h3,8,10-11,16,20H,2,4-7H2,1H3,(H2,15,17,18)/t10-,11-/m0/s1. The molecule has 0 unspecified atom stereocenters. The molecule has 0 aliphatic carbocycles. The van der Waals surface area contributed by atoms with E-state index in [-0.39, 0.29) is 6.10 Å². The number of aromatic amines is 1. The van der Waals surface area contributed by atoms with Gasteiger partial charge >= 0.3 is 0 Å². The molecular weight excluding hydrogens is 286 g/mol. The molecule has 1 saturated heterocycles. The Bertz CT molecular complexity index is 616. The van der Waals surface area contributed by atoms with Crippen LogP contribution < -0.4 is 5.73 Å². The smallest absolute Gasteiger partial charge is 0.151 e. The van der Waals surface area contributed by atoms with Crippen molar-refractivity contribution in [1.29, 1.82) is 0 Å². The molecule has 0 radical (unpaired) electrons. The Hall–Kier alpha value is -1.31. The molecule has 1 aliphatic heterocycles. The third-order valence-electron chi connectivity index (χ3n) is 3.98. The number of nitrogens with two attached hydrogens (primary N) is 1. The van der Waals surface area contributed by atoms with Crippen LogP contribution in [-0.2, 0) is 6.54 Å². The highest BCUT2D eigenvalue weighted by Gasteiger charge is 2.31. The molecule has 2 aromatic rings. The number of nitrogens with zero attached hydrogens (tertiary/aromatic N) is 3. The lowest BCUT2D eigenvalue weighted by molar-refractivity contribution is 0.149. The maximum atomic E-state index is 10.2. The fourth-order valence-electron chi connectivity index (χ4n) is 2.88. The number of anilines is 1. The number of hydrogen-bond acceptors (Lipinski definition) is 6. The van der Waals surface area contributed by atoms with Crippen LogP contribution in [0.2, 0.25) is 0 Å². The van der Waals surface area contributed by atoms with Crippen LogP contribution in [0.4, 0.5) is 5.82 Å². The van der Waals surface area contributed by atoms with Crippen molar-refractivity contribution in [3.63, 3.8) is 0 Å². The Kier molecular flexibility index (Phi) is 4.32. The van der Waals surface area contributed by atoms with Gasteiger partial charge in [-0.15, -0.1) is 0 Å². The van der Waals surface area contributed by atoms with Crippen LogP contribution in [0.25, 0.3) is 11.0 Å². The molecule has 21 heavy (non-hydrogen) atoms. The minimum atomic E-state index is -0.228. The largest absolute Gasteiger partial charge is 0.391 e. The van der Waals surface area contributed by atoms with Gasteiger partial charge in [-0.1, -0.05) is 6.92 Å². The van der Waals surface area contributed by atoms with Crippen molar-refractivity contribution in [1.82, 2.24) is 19.9 Å². The summed E-state index contributed by atoms with van der Waals surface area (Å²) >= 11 is 1.89. The molecule has 0 bridgehead atoms. The molecule has 4 N–H and O–H groups in total. The first-order valence-electron chi connectivity index (χ1n) is 7.23. The Balaban J connectivity index is 1.70. The molecule has 2 aromatic heterocycles. The van der Waals surface area contributed by atoms with Gasteiger partial charge in [0.15, 0.2) is 5.82 Å². The summed E-state index contributed by atoms with van der Waals surface area (Å²) in [7, 11) is 0. The zero-order valence-electron chi connectivity index (χ0n) is 12.1. The normalized spacial score (nSPS) is 23.1. The third kappa shape index (κ3) is 3.00. The van der Waals surface area contributed by atoms with Gasteiger partial charge in [0.05, 0.1) is 11.6 Å². The van der Waals surface area contributed by atoms with Crippen molar-refractivity contribution in [2.75, 3.05) is 30.3 Å². The summed E-state index contributed by atoms with van der Waals surface area (Å²) in [4.78, 5) is 13.7. The zero-order valence-corrected chi connectivity index (χ0v) is 12.9. The summed E-state index contributed by atoms with van der Waals surface area (Å²) in [5.41, 5.74) is 8.62. The molecule has 114 valence electrons. The van der Waals surface area contributed by atoms with E-state index in [0.717, 1.165) is 47.7 Å². The highest BCUT2D eigenvalue weighted by molar-refractivity contribution is 7.99. The third-order valence-corrected chi connectivity index (χ3v) is 5.06. The first-order valence-corrected chi connectivity index (χ1v) is 8.39. The topological polar surface area (TPSA) is 91.1 Å². The Morgan fingerprint density at radius 2 is 2.33 bits per heavy atom. The van der Waals surface area contributed by atoms with Gasteiger partial charge in [0, 0.05) is 37.3 Å². The predicted molar refractivity (Wildman–Crippen MR) is 86.1 cm³/mol. The lowest BCUT2D eigenvalue weighted by Crippen LogP contribution is -2.21. The molecule has 0 aromatic carbocycles. The van der Waals surface area contributed by atoms with E-state index in [1.54, 1.807) is 0 Å². The van der Waals surface area contributed by atoms with Crippen molar-refractivity contribution in [3.05, 3.63) is 18.1 Å². The predicted octanol–water partition coefficient (Wildman–Crippen LogP) is 1.09. The number of nitrogens with one attached hydrogen (secondary N) is 1. The minimum absolute atomic E-state index is 0.228. The van der Waals surface area contributed by atoms with Crippen LogP contribution in [0, 0.1) is 5.92 Å². The molecular formula is C14H21N5OS.